The molecular weight excluding hydrogens is 269 g/mol. The van der Waals surface area contributed by atoms with Gasteiger partial charge in [0.2, 0.25) is 0 Å². The van der Waals surface area contributed by atoms with Gasteiger partial charge in [0.1, 0.15) is 5.82 Å². The predicted octanol–water partition coefficient (Wildman–Crippen LogP) is 2.65. The van der Waals surface area contributed by atoms with Gasteiger partial charge in [0, 0.05) is 24.7 Å². The average molecular weight is 286 g/mol. The molecule has 1 aromatic rings. The van der Waals surface area contributed by atoms with Crippen LogP contribution in [0.2, 0.25) is 0 Å². The fourth-order valence-corrected chi connectivity index (χ4v) is 2.49. The second kappa shape index (κ2) is 5.88. The zero-order valence-corrected chi connectivity index (χ0v) is 11.6. The molecule has 2 rings (SSSR count). The third kappa shape index (κ3) is 3.25. The zero-order valence-electron chi connectivity index (χ0n) is 10.8. The van der Waals surface area contributed by atoms with Crippen molar-refractivity contribution in [3.8, 4) is 0 Å². The Morgan fingerprint density at radius 1 is 1.47 bits per heavy atom. The average Bonchev–Trinajstić information content (AvgIpc) is 2.43. The molecule has 0 spiro atoms. The predicted molar refractivity (Wildman–Crippen MR) is 72.1 cm³/mol. The molecule has 1 heterocycles. The number of nitrogens with one attached hydrogen (secondary N) is 1. The summed E-state index contributed by atoms with van der Waals surface area (Å²) in [5.74, 6) is -0.178. The van der Waals surface area contributed by atoms with E-state index in [0.29, 0.717) is 43.1 Å². The summed E-state index contributed by atoms with van der Waals surface area (Å²) in [6, 6.07) is 4.34. The molecule has 1 saturated heterocycles. The minimum atomic E-state index is -0.417. The first-order valence-corrected chi connectivity index (χ1v) is 6.82. The topological polar surface area (TPSA) is 38.3 Å². The fraction of sp³-hybridized carbons (Fsp3) is 0.500. The Labute approximate surface area is 117 Å². The number of alkyl halides is 1. The van der Waals surface area contributed by atoms with E-state index in [1.807, 2.05) is 0 Å². The number of rotatable bonds is 3. The molecule has 19 heavy (non-hydrogen) atoms. The molecule has 0 unspecified atom stereocenters. The molecule has 1 fully saturated rings. The molecule has 1 aliphatic rings. The number of halogens is 2. The highest BCUT2D eigenvalue weighted by atomic mass is 35.5. The first-order valence-electron chi connectivity index (χ1n) is 6.29. The second-order valence-corrected chi connectivity index (χ2v) is 5.21. The first-order chi connectivity index (χ1) is 9.06. The molecule has 1 amide bonds. The van der Waals surface area contributed by atoms with E-state index in [-0.39, 0.29) is 11.7 Å². The van der Waals surface area contributed by atoms with Crippen LogP contribution in [0.25, 0.3) is 0 Å². The van der Waals surface area contributed by atoms with Crippen molar-refractivity contribution in [2.75, 3.05) is 19.1 Å². The zero-order chi connectivity index (χ0) is 13.9. The Hall–Kier alpha value is -1.13. The molecule has 0 atom stereocenters. The molecule has 1 aromatic carbocycles. The van der Waals surface area contributed by atoms with Crippen LogP contribution in [0.5, 0.6) is 0 Å². The number of carbonyl (C=O) groups is 1. The summed E-state index contributed by atoms with van der Waals surface area (Å²) in [6.45, 7) is 2.82. The van der Waals surface area contributed by atoms with Crippen LogP contribution >= 0.6 is 11.6 Å². The first kappa shape index (κ1) is 14.3. The highest BCUT2D eigenvalue weighted by Crippen LogP contribution is 2.23. The van der Waals surface area contributed by atoms with Crippen LogP contribution in [0.4, 0.5) is 4.39 Å². The van der Waals surface area contributed by atoms with Gasteiger partial charge >= 0.3 is 0 Å². The van der Waals surface area contributed by atoms with Gasteiger partial charge in [-0.2, -0.15) is 0 Å². The summed E-state index contributed by atoms with van der Waals surface area (Å²) < 4.78 is 18.5. The smallest absolute Gasteiger partial charge is 0.251 e. The number of carbonyl (C=O) groups excluding carboxylic acids is 1. The summed E-state index contributed by atoms with van der Waals surface area (Å²) in [5.41, 5.74) is 0.494. The van der Waals surface area contributed by atoms with Crippen LogP contribution in [0.15, 0.2) is 18.2 Å². The van der Waals surface area contributed by atoms with E-state index < -0.39 is 5.54 Å². The summed E-state index contributed by atoms with van der Waals surface area (Å²) >= 11 is 5.99. The monoisotopic (exact) mass is 285 g/mol. The molecule has 104 valence electrons. The van der Waals surface area contributed by atoms with Crippen molar-refractivity contribution in [3.63, 3.8) is 0 Å². The number of benzene rings is 1. The second-order valence-electron chi connectivity index (χ2n) is 4.94. The third-order valence-corrected chi connectivity index (χ3v) is 4.02. The van der Waals surface area contributed by atoms with Gasteiger partial charge in [-0.25, -0.2) is 4.39 Å². The number of ether oxygens (including phenoxy) is 1. The van der Waals surface area contributed by atoms with Crippen molar-refractivity contribution in [2.45, 2.75) is 25.3 Å². The van der Waals surface area contributed by atoms with Crippen molar-refractivity contribution in [1.29, 1.82) is 0 Å². The third-order valence-electron chi connectivity index (χ3n) is 3.50. The molecule has 0 saturated carbocycles. The number of hydrogen-bond acceptors (Lipinski definition) is 2. The quantitative estimate of drug-likeness (QED) is 0.867. The number of amides is 1. The Kier molecular flexibility index (Phi) is 4.42. The summed E-state index contributed by atoms with van der Waals surface area (Å²) in [6.07, 6.45) is 1.39. The van der Waals surface area contributed by atoms with Crippen LogP contribution in [0.3, 0.4) is 0 Å². The Bertz CT molecular complexity index is 473. The molecule has 1 aliphatic heterocycles. The van der Waals surface area contributed by atoms with Crippen molar-refractivity contribution in [2.24, 2.45) is 0 Å². The molecule has 5 heteroatoms. The maximum absolute atomic E-state index is 13.2. The molecule has 1 N–H and O–H groups in total. The molecular formula is C14H17ClFNO2. The lowest BCUT2D eigenvalue weighted by Gasteiger charge is -2.36. The summed E-state index contributed by atoms with van der Waals surface area (Å²) in [7, 11) is 0. The van der Waals surface area contributed by atoms with Gasteiger partial charge in [0.25, 0.3) is 5.91 Å². The lowest BCUT2D eigenvalue weighted by atomic mass is 9.91. The van der Waals surface area contributed by atoms with E-state index in [2.05, 4.69) is 5.32 Å². The van der Waals surface area contributed by atoms with Gasteiger partial charge < -0.3 is 10.1 Å². The van der Waals surface area contributed by atoms with Crippen molar-refractivity contribution < 1.29 is 13.9 Å². The maximum Gasteiger partial charge on any atom is 0.251 e. The van der Waals surface area contributed by atoms with E-state index in [9.17, 15) is 9.18 Å². The normalized spacial score (nSPS) is 18.1. The summed E-state index contributed by atoms with van der Waals surface area (Å²) in [4.78, 5) is 12.2. The molecule has 0 aromatic heterocycles. The molecule has 0 aliphatic carbocycles. The van der Waals surface area contributed by atoms with Crippen LogP contribution in [0.1, 0.15) is 28.8 Å². The van der Waals surface area contributed by atoms with E-state index >= 15 is 0 Å². The molecule has 3 nitrogen and oxygen atoms in total. The van der Waals surface area contributed by atoms with E-state index in [1.165, 1.54) is 12.1 Å². The minimum absolute atomic E-state index is 0.217. The van der Waals surface area contributed by atoms with E-state index in [1.54, 1.807) is 13.0 Å². The Balaban J connectivity index is 2.12. The van der Waals surface area contributed by atoms with Gasteiger partial charge in [0.15, 0.2) is 0 Å². The lowest BCUT2D eigenvalue weighted by molar-refractivity contribution is 0.0434. The van der Waals surface area contributed by atoms with E-state index in [0.717, 1.165) is 0 Å². The SMILES string of the molecule is Cc1cc(C(=O)NC2(CCl)CCOCC2)ccc1F. The van der Waals surface area contributed by atoms with Gasteiger partial charge in [-0.3, -0.25) is 4.79 Å². The lowest BCUT2D eigenvalue weighted by Crippen LogP contribution is -2.53. The van der Waals surface area contributed by atoms with Gasteiger partial charge in [-0.05, 0) is 43.5 Å². The Morgan fingerprint density at radius 2 is 2.16 bits per heavy atom. The van der Waals surface area contributed by atoms with Gasteiger partial charge in [0.05, 0.1) is 5.54 Å². The standard InChI is InChI=1S/C14H17ClFNO2/c1-10-8-11(2-3-12(10)16)13(18)17-14(9-15)4-6-19-7-5-14/h2-3,8H,4-7,9H2,1H3,(H,17,18). The number of aryl methyl sites for hydroxylation is 1. The van der Waals surface area contributed by atoms with Crippen LogP contribution < -0.4 is 5.32 Å². The van der Waals surface area contributed by atoms with Gasteiger partial charge in [-0.1, -0.05) is 0 Å². The van der Waals surface area contributed by atoms with Crippen LogP contribution in [-0.4, -0.2) is 30.5 Å². The van der Waals surface area contributed by atoms with Crippen molar-refractivity contribution in [1.82, 2.24) is 5.32 Å². The molecule has 0 bridgehead atoms. The maximum atomic E-state index is 13.2. The summed E-state index contributed by atoms with van der Waals surface area (Å²) in [5, 5.41) is 2.97. The minimum Gasteiger partial charge on any atom is -0.381 e. The largest absolute Gasteiger partial charge is 0.381 e. The number of hydrogen-bond donors (Lipinski definition) is 1. The van der Waals surface area contributed by atoms with Crippen LogP contribution in [-0.2, 0) is 4.74 Å². The molecule has 0 radical (unpaired) electrons. The van der Waals surface area contributed by atoms with Crippen molar-refractivity contribution >= 4 is 17.5 Å². The Morgan fingerprint density at radius 3 is 2.74 bits per heavy atom. The highest BCUT2D eigenvalue weighted by molar-refractivity contribution is 6.19. The van der Waals surface area contributed by atoms with E-state index in [4.69, 9.17) is 16.3 Å². The van der Waals surface area contributed by atoms with Crippen molar-refractivity contribution in [3.05, 3.63) is 35.1 Å². The fourth-order valence-electron chi connectivity index (χ4n) is 2.15. The van der Waals surface area contributed by atoms with Gasteiger partial charge in [-0.15, -0.1) is 11.6 Å². The highest BCUT2D eigenvalue weighted by Gasteiger charge is 2.33. The van der Waals surface area contributed by atoms with Crippen LogP contribution in [0, 0.1) is 12.7 Å².